The monoisotopic (exact) mass is 413 g/mol. The molecule has 0 unspecified atom stereocenters. The number of carbonyl (C=O) groups excluding carboxylic acids is 1. The highest BCUT2D eigenvalue weighted by Gasteiger charge is 2.15. The number of nitrogens with zero attached hydrogens (tertiary/aromatic N) is 2. The number of aryl methyl sites for hydroxylation is 1. The second-order valence-corrected chi connectivity index (χ2v) is 7.96. The first kappa shape index (κ1) is 20.0. The number of benzene rings is 2. The van der Waals surface area contributed by atoms with Crippen molar-refractivity contribution in [2.24, 2.45) is 5.10 Å². The van der Waals surface area contributed by atoms with Crippen molar-refractivity contribution in [3.05, 3.63) is 69.7 Å². The zero-order valence-electron chi connectivity index (χ0n) is 15.8. The number of aromatic nitrogens is 1. The lowest BCUT2D eigenvalue weighted by molar-refractivity contribution is 0.0950. The minimum absolute atomic E-state index is 0.0402. The molecule has 7 heteroatoms. The summed E-state index contributed by atoms with van der Waals surface area (Å²) in [6.45, 7) is 5.74. The number of carbonyl (C=O) groups is 1. The molecule has 0 aliphatic rings. The van der Waals surface area contributed by atoms with Gasteiger partial charge in [-0.05, 0) is 44.5 Å². The third kappa shape index (κ3) is 4.97. The first-order valence-corrected chi connectivity index (χ1v) is 9.96. The summed E-state index contributed by atoms with van der Waals surface area (Å²) >= 11 is 7.69. The molecule has 0 saturated carbocycles. The lowest BCUT2D eigenvalue weighted by atomic mass is 10.2. The summed E-state index contributed by atoms with van der Waals surface area (Å²) in [7, 11) is 0. The third-order valence-electron chi connectivity index (χ3n) is 3.73. The highest BCUT2D eigenvalue weighted by molar-refractivity contribution is 7.15. The van der Waals surface area contributed by atoms with Gasteiger partial charge in [-0.3, -0.25) is 4.79 Å². The van der Waals surface area contributed by atoms with E-state index in [0.717, 1.165) is 21.0 Å². The third-order valence-corrected chi connectivity index (χ3v) is 5.05. The summed E-state index contributed by atoms with van der Waals surface area (Å²) in [4.78, 5) is 17.7. The highest BCUT2D eigenvalue weighted by atomic mass is 35.5. The predicted octanol–water partition coefficient (Wildman–Crippen LogP) is 5.32. The number of rotatable bonds is 6. The van der Waals surface area contributed by atoms with Gasteiger partial charge in [-0.15, -0.1) is 11.3 Å². The van der Waals surface area contributed by atoms with E-state index in [-0.39, 0.29) is 12.0 Å². The summed E-state index contributed by atoms with van der Waals surface area (Å²) in [6.07, 6.45) is 1.57. The second-order valence-electron chi connectivity index (χ2n) is 6.35. The van der Waals surface area contributed by atoms with Crippen molar-refractivity contribution in [3.63, 3.8) is 0 Å². The highest BCUT2D eigenvalue weighted by Crippen LogP contribution is 2.27. The van der Waals surface area contributed by atoms with E-state index in [1.807, 2.05) is 57.2 Å². The van der Waals surface area contributed by atoms with Gasteiger partial charge >= 0.3 is 0 Å². The predicted molar refractivity (Wildman–Crippen MR) is 115 cm³/mol. The number of hydrogen-bond acceptors (Lipinski definition) is 5. The Kier molecular flexibility index (Phi) is 6.44. The van der Waals surface area contributed by atoms with Crippen LogP contribution in [0.25, 0.3) is 10.6 Å². The van der Waals surface area contributed by atoms with Crippen LogP contribution in [0.4, 0.5) is 0 Å². The molecule has 3 aromatic rings. The molecule has 5 nitrogen and oxygen atoms in total. The van der Waals surface area contributed by atoms with E-state index in [9.17, 15) is 4.79 Å². The van der Waals surface area contributed by atoms with Crippen LogP contribution in [0.5, 0.6) is 5.75 Å². The zero-order chi connectivity index (χ0) is 20.1. The standard InChI is InChI=1S/C21H20ClN3O2S/c1-13(2)27-18-10-9-15(11-17(18)22)12-23-25-20(26)19-14(3)28-21(24-19)16-7-5-4-6-8-16/h4-13H,1-3H3,(H,25,26)/b23-12-. The molecule has 0 saturated heterocycles. The summed E-state index contributed by atoms with van der Waals surface area (Å²) < 4.78 is 5.60. The number of nitrogens with one attached hydrogen (secondary N) is 1. The van der Waals surface area contributed by atoms with Crippen LogP contribution in [0.2, 0.25) is 5.02 Å². The maximum atomic E-state index is 12.4. The van der Waals surface area contributed by atoms with Crippen molar-refractivity contribution in [3.8, 4) is 16.3 Å². The first-order chi connectivity index (χ1) is 13.4. The van der Waals surface area contributed by atoms with Crippen molar-refractivity contribution in [2.45, 2.75) is 26.9 Å². The molecular weight excluding hydrogens is 394 g/mol. The van der Waals surface area contributed by atoms with Crippen LogP contribution in [0, 0.1) is 6.92 Å². The number of halogens is 1. The maximum Gasteiger partial charge on any atom is 0.291 e. The number of thiazole rings is 1. The molecule has 2 aromatic carbocycles. The molecule has 144 valence electrons. The van der Waals surface area contributed by atoms with E-state index in [1.54, 1.807) is 12.1 Å². The topological polar surface area (TPSA) is 63.6 Å². The summed E-state index contributed by atoms with van der Waals surface area (Å²) in [5.41, 5.74) is 4.63. The largest absolute Gasteiger partial charge is 0.489 e. The summed E-state index contributed by atoms with van der Waals surface area (Å²) in [6, 6.07) is 15.1. The van der Waals surface area contributed by atoms with Crippen molar-refractivity contribution >= 4 is 35.1 Å². The van der Waals surface area contributed by atoms with E-state index in [1.165, 1.54) is 17.6 Å². The summed E-state index contributed by atoms with van der Waals surface area (Å²) in [5, 5.41) is 5.31. The van der Waals surface area contributed by atoms with E-state index in [4.69, 9.17) is 16.3 Å². The molecule has 0 fully saturated rings. The van der Waals surface area contributed by atoms with E-state index >= 15 is 0 Å². The van der Waals surface area contributed by atoms with Crippen LogP contribution in [0.1, 0.15) is 34.8 Å². The Balaban J connectivity index is 1.67. The number of hydrogen-bond donors (Lipinski definition) is 1. The lowest BCUT2D eigenvalue weighted by Crippen LogP contribution is -2.18. The van der Waals surface area contributed by atoms with Crippen molar-refractivity contribution < 1.29 is 9.53 Å². The molecule has 0 bridgehead atoms. The molecule has 3 rings (SSSR count). The minimum Gasteiger partial charge on any atom is -0.489 e. The maximum absolute atomic E-state index is 12.4. The van der Waals surface area contributed by atoms with Crippen LogP contribution in [0.3, 0.4) is 0 Å². The smallest absolute Gasteiger partial charge is 0.291 e. The molecule has 0 atom stereocenters. The van der Waals surface area contributed by atoms with Gasteiger partial charge in [0.15, 0.2) is 0 Å². The Morgan fingerprint density at radius 1 is 1.25 bits per heavy atom. The molecule has 0 radical (unpaired) electrons. The number of hydrazone groups is 1. The quantitative estimate of drug-likeness (QED) is 0.439. The number of amides is 1. The Bertz CT molecular complexity index is 1000. The van der Waals surface area contributed by atoms with Gasteiger partial charge < -0.3 is 4.74 Å². The number of ether oxygens (including phenoxy) is 1. The van der Waals surface area contributed by atoms with E-state index in [2.05, 4.69) is 15.5 Å². The van der Waals surface area contributed by atoms with Gasteiger partial charge in [-0.2, -0.15) is 5.10 Å². The summed E-state index contributed by atoms with van der Waals surface area (Å²) in [5.74, 6) is 0.266. The van der Waals surface area contributed by atoms with Crippen molar-refractivity contribution in [1.29, 1.82) is 0 Å². The average molecular weight is 414 g/mol. The minimum atomic E-state index is -0.349. The van der Waals surface area contributed by atoms with Crippen LogP contribution in [-0.2, 0) is 0 Å². The Morgan fingerprint density at radius 3 is 2.68 bits per heavy atom. The van der Waals surface area contributed by atoms with Gasteiger partial charge in [0, 0.05) is 10.4 Å². The molecule has 0 spiro atoms. The van der Waals surface area contributed by atoms with Crippen LogP contribution in [-0.4, -0.2) is 23.2 Å². The normalized spacial score (nSPS) is 11.2. The average Bonchev–Trinajstić information content (AvgIpc) is 3.06. The van der Waals surface area contributed by atoms with Gasteiger partial charge in [0.2, 0.25) is 0 Å². The molecule has 0 aliphatic heterocycles. The fourth-order valence-electron chi connectivity index (χ4n) is 2.48. The van der Waals surface area contributed by atoms with E-state index < -0.39 is 0 Å². The molecule has 1 heterocycles. The Hall–Kier alpha value is -2.70. The lowest BCUT2D eigenvalue weighted by Gasteiger charge is -2.11. The molecule has 28 heavy (non-hydrogen) atoms. The molecule has 1 N–H and O–H groups in total. The zero-order valence-corrected chi connectivity index (χ0v) is 17.3. The van der Waals surface area contributed by atoms with Gasteiger partial charge in [0.05, 0.1) is 17.3 Å². The Morgan fingerprint density at radius 2 is 2.00 bits per heavy atom. The van der Waals surface area contributed by atoms with Gasteiger partial charge in [0.1, 0.15) is 16.5 Å². The second kappa shape index (κ2) is 8.99. The molecule has 0 aliphatic carbocycles. The van der Waals surface area contributed by atoms with Gasteiger partial charge in [-0.25, -0.2) is 10.4 Å². The Labute approximate surface area is 173 Å². The molecule has 1 amide bonds. The van der Waals surface area contributed by atoms with Crippen LogP contribution >= 0.6 is 22.9 Å². The molecule has 1 aromatic heterocycles. The van der Waals surface area contributed by atoms with Gasteiger partial charge in [-0.1, -0.05) is 41.9 Å². The van der Waals surface area contributed by atoms with E-state index in [0.29, 0.717) is 16.5 Å². The fourth-order valence-corrected chi connectivity index (χ4v) is 3.63. The molecular formula is C21H20ClN3O2S. The van der Waals surface area contributed by atoms with Crippen molar-refractivity contribution in [1.82, 2.24) is 10.4 Å². The SMILES string of the molecule is Cc1sc(-c2ccccc2)nc1C(=O)N/N=C\c1ccc(OC(C)C)c(Cl)c1. The van der Waals surface area contributed by atoms with Gasteiger partial charge in [0.25, 0.3) is 5.91 Å². The fraction of sp³-hybridized carbons (Fsp3) is 0.190. The van der Waals surface area contributed by atoms with Crippen LogP contribution in [0.15, 0.2) is 53.6 Å². The van der Waals surface area contributed by atoms with Crippen LogP contribution < -0.4 is 10.2 Å². The first-order valence-electron chi connectivity index (χ1n) is 8.76. The van der Waals surface area contributed by atoms with Crippen molar-refractivity contribution in [2.75, 3.05) is 0 Å².